The van der Waals surface area contributed by atoms with Crippen molar-refractivity contribution >= 4 is 17.4 Å². The molecule has 0 aliphatic rings. The van der Waals surface area contributed by atoms with Crippen LogP contribution in [0.3, 0.4) is 0 Å². The number of nitrogen functional groups attached to an aromatic ring is 1. The summed E-state index contributed by atoms with van der Waals surface area (Å²) in [6, 6.07) is 3.47. The normalized spacial score (nSPS) is 9.50. The number of nitrogens with one attached hydrogen (secondary N) is 1. The summed E-state index contributed by atoms with van der Waals surface area (Å²) in [6.45, 7) is 1.82. The van der Waals surface area contributed by atoms with Crippen molar-refractivity contribution in [1.82, 2.24) is 4.98 Å². The maximum absolute atomic E-state index is 5.71. The number of aryl methyl sites for hydroxylation is 1. The first-order valence-electron chi connectivity index (χ1n) is 2.84. The molecule has 1 aromatic heterocycles. The SMILES string of the molecule is Cc1nc(NN)ccc1Cl. The zero-order valence-corrected chi connectivity index (χ0v) is 6.31. The van der Waals surface area contributed by atoms with Gasteiger partial charge in [0.05, 0.1) is 10.7 Å². The molecule has 0 amide bonds. The summed E-state index contributed by atoms with van der Waals surface area (Å²) < 4.78 is 0. The molecule has 0 aromatic carbocycles. The summed E-state index contributed by atoms with van der Waals surface area (Å²) in [6.07, 6.45) is 0. The average molecular weight is 158 g/mol. The van der Waals surface area contributed by atoms with Gasteiger partial charge in [-0.25, -0.2) is 10.8 Å². The Hall–Kier alpha value is -0.800. The van der Waals surface area contributed by atoms with E-state index >= 15 is 0 Å². The molecule has 1 rings (SSSR count). The molecular formula is C6H8ClN3. The predicted octanol–water partition coefficient (Wildman–Crippen LogP) is 1.33. The van der Waals surface area contributed by atoms with Crippen molar-refractivity contribution in [2.24, 2.45) is 5.84 Å². The summed E-state index contributed by atoms with van der Waals surface area (Å²) in [4.78, 5) is 4.02. The molecule has 0 unspecified atom stereocenters. The van der Waals surface area contributed by atoms with Crippen LogP contribution in [0, 0.1) is 6.92 Å². The van der Waals surface area contributed by atoms with E-state index in [1.54, 1.807) is 12.1 Å². The van der Waals surface area contributed by atoms with E-state index in [1.807, 2.05) is 6.92 Å². The van der Waals surface area contributed by atoms with Crippen LogP contribution < -0.4 is 11.3 Å². The molecule has 1 heterocycles. The number of aromatic nitrogens is 1. The fraction of sp³-hybridized carbons (Fsp3) is 0.167. The second-order valence-corrected chi connectivity index (χ2v) is 2.32. The van der Waals surface area contributed by atoms with E-state index in [4.69, 9.17) is 17.4 Å². The van der Waals surface area contributed by atoms with Crippen LogP contribution >= 0.6 is 11.6 Å². The summed E-state index contributed by atoms with van der Waals surface area (Å²) in [5.74, 6) is 5.74. The highest BCUT2D eigenvalue weighted by Crippen LogP contribution is 2.14. The summed E-state index contributed by atoms with van der Waals surface area (Å²) in [7, 11) is 0. The molecule has 0 radical (unpaired) electrons. The standard InChI is InChI=1S/C6H8ClN3/c1-4-5(7)2-3-6(9-4)10-8/h2-3H,8H2,1H3,(H,9,10). The Morgan fingerprint density at radius 1 is 1.60 bits per heavy atom. The minimum Gasteiger partial charge on any atom is -0.308 e. The molecule has 54 valence electrons. The van der Waals surface area contributed by atoms with Crippen molar-refractivity contribution in [3.05, 3.63) is 22.8 Å². The van der Waals surface area contributed by atoms with Crippen molar-refractivity contribution in [3.63, 3.8) is 0 Å². The second-order valence-electron chi connectivity index (χ2n) is 1.91. The lowest BCUT2D eigenvalue weighted by Crippen LogP contribution is -2.08. The van der Waals surface area contributed by atoms with Crippen molar-refractivity contribution < 1.29 is 0 Å². The van der Waals surface area contributed by atoms with Gasteiger partial charge in [-0.3, -0.25) is 0 Å². The Labute approximate surface area is 64.2 Å². The Morgan fingerprint density at radius 3 is 2.80 bits per heavy atom. The van der Waals surface area contributed by atoms with E-state index in [0.29, 0.717) is 10.8 Å². The molecule has 10 heavy (non-hydrogen) atoms. The van der Waals surface area contributed by atoms with Crippen LogP contribution in [0.25, 0.3) is 0 Å². The van der Waals surface area contributed by atoms with Gasteiger partial charge >= 0.3 is 0 Å². The maximum atomic E-state index is 5.71. The van der Waals surface area contributed by atoms with Gasteiger partial charge in [-0.05, 0) is 19.1 Å². The molecule has 3 nitrogen and oxygen atoms in total. The van der Waals surface area contributed by atoms with E-state index in [9.17, 15) is 0 Å². The third-order valence-corrected chi connectivity index (χ3v) is 1.57. The smallest absolute Gasteiger partial charge is 0.140 e. The van der Waals surface area contributed by atoms with Gasteiger partial charge in [0.25, 0.3) is 0 Å². The van der Waals surface area contributed by atoms with E-state index in [0.717, 1.165) is 5.69 Å². The fourth-order valence-corrected chi connectivity index (χ4v) is 0.730. The molecule has 0 aliphatic carbocycles. The van der Waals surface area contributed by atoms with E-state index in [2.05, 4.69) is 10.4 Å². The molecule has 0 bridgehead atoms. The number of hydrazine groups is 1. The first-order valence-corrected chi connectivity index (χ1v) is 3.21. The van der Waals surface area contributed by atoms with Crippen molar-refractivity contribution in [3.8, 4) is 0 Å². The highest BCUT2D eigenvalue weighted by molar-refractivity contribution is 6.31. The zero-order valence-electron chi connectivity index (χ0n) is 5.56. The molecule has 0 saturated heterocycles. The minimum absolute atomic E-state index is 0.627. The highest BCUT2D eigenvalue weighted by Gasteiger charge is 1.95. The van der Waals surface area contributed by atoms with Crippen LogP contribution in [0.5, 0.6) is 0 Å². The van der Waals surface area contributed by atoms with Gasteiger partial charge in [0, 0.05) is 0 Å². The lowest BCUT2D eigenvalue weighted by Gasteiger charge is -2.00. The Balaban J connectivity index is 3.04. The minimum atomic E-state index is 0.627. The molecule has 0 aliphatic heterocycles. The quantitative estimate of drug-likeness (QED) is 0.478. The number of nitrogens with zero attached hydrogens (tertiary/aromatic N) is 1. The van der Waals surface area contributed by atoms with Gasteiger partial charge in [-0.1, -0.05) is 11.6 Å². The molecule has 0 atom stereocenters. The van der Waals surface area contributed by atoms with Gasteiger partial charge < -0.3 is 5.43 Å². The Bertz CT molecular complexity index is 236. The monoisotopic (exact) mass is 157 g/mol. The molecule has 4 heteroatoms. The second kappa shape index (κ2) is 2.86. The average Bonchev–Trinajstić information content (AvgIpc) is 1.95. The summed E-state index contributed by atoms with van der Waals surface area (Å²) in [5, 5.41) is 0.652. The van der Waals surface area contributed by atoms with Crippen LogP contribution in [-0.4, -0.2) is 4.98 Å². The lowest BCUT2D eigenvalue weighted by molar-refractivity contribution is 1.16. The topological polar surface area (TPSA) is 50.9 Å². The molecule has 0 saturated carbocycles. The number of hydrogen-bond donors (Lipinski definition) is 2. The van der Waals surface area contributed by atoms with Gasteiger partial charge in [0.2, 0.25) is 0 Å². The van der Waals surface area contributed by atoms with E-state index < -0.39 is 0 Å². The number of anilines is 1. The Morgan fingerprint density at radius 2 is 2.30 bits per heavy atom. The molecule has 0 spiro atoms. The number of halogens is 1. The van der Waals surface area contributed by atoms with Gasteiger partial charge in [-0.2, -0.15) is 0 Å². The van der Waals surface area contributed by atoms with Crippen molar-refractivity contribution in [2.75, 3.05) is 5.43 Å². The predicted molar refractivity (Wildman–Crippen MR) is 41.8 cm³/mol. The molecule has 1 aromatic rings. The third kappa shape index (κ3) is 1.37. The maximum Gasteiger partial charge on any atom is 0.140 e. The van der Waals surface area contributed by atoms with Crippen LogP contribution in [0.4, 0.5) is 5.82 Å². The summed E-state index contributed by atoms with van der Waals surface area (Å²) in [5.41, 5.74) is 3.20. The van der Waals surface area contributed by atoms with Crippen molar-refractivity contribution in [2.45, 2.75) is 6.92 Å². The number of rotatable bonds is 1. The molecular weight excluding hydrogens is 150 g/mol. The van der Waals surface area contributed by atoms with Crippen molar-refractivity contribution in [1.29, 1.82) is 0 Å². The number of hydrogen-bond acceptors (Lipinski definition) is 3. The number of nitrogens with two attached hydrogens (primary N) is 1. The third-order valence-electron chi connectivity index (χ3n) is 1.17. The summed E-state index contributed by atoms with van der Waals surface area (Å²) >= 11 is 5.71. The largest absolute Gasteiger partial charge is 0.308 e. The lowest BCUT2D eigenvalue weighted by atomic mass is 10.4. The van der Waals surface area contributed by atoms with Gasteiger partial charge in [-0.15, -0.1) is 0 Å². The van der Waals surface area contributed by atoms with E-state index in [1.165, 1.54) is 0 Å². The van der Waals surface area contributed by atoms with Crippen LogP contribution in [-0.2, 0) is 0 Å². The fourth-order valence-electron chi connectivity index (χ4n) is 0.624. The van der Waals surface area contributed by atoms with Crippen LogP contribution in [0.15, 0.2) is 12.1 Å². The first-order chi connectivity index (χ1) is 4.74. The molecule has 3 N–H and O–H groups in total. The van der Waals surface area contributed by atoms with Crippen LogP contribution in [0.2, 0.25) is 5.02 Å². The Kier molecular flexibility index (Phi) is 2.09. The highest BCUT2D eigenvalue weighted by atomic mass is 35.5. The van der Waals surface area contributed by atoms with Gasteiger partial charge in [0.15, 0.2) is 0 Å². The zero-order chi connectivity index (χ0) is 7.56. The molecule has 0 fully saturated rings. The van der Waals surface area contributed by atoms with E-state index in [-0.39, 0.29) is 0 Å². The first kappa shape index (κ1) is 7.31. The van der Waals surface area contributed by atoms with Gasteiger partial charge in [0.1, 0.15) is 5.82 Å². The number of pyridine rings is 1. The van der Waals surface area contributed by atoms with Crippen LogP contribution in [0.1, 0.15) is 5.69 Å².